The summed E-state index contributed by atoms with van der Waals surface area (Å²) in [7, 11) is 0. The van der Waals surface area contributed by atoms with E-state index in [1.807, 2.05) is 18.2 Å². The van der Waals surface area contributed by atoms with E-state index >= 15 is 0 Å². The third kappa shape index (κ3) is 5.60. The highest BCUT2D eigenvalue weighted by molar-refractivity contribution is 5.91. The molecule has 2 aromatic heterocycles. The highest BCUT2D eigenvalue weighted by Crippen LogP contribution is 2.30. The van der Waals surface area contributed by atoms with Crippen molar-refractivity contribution >= 4 is 22.4 Å². The van der Waals surface area contributed by atoms with Gasteiger partial charge in [0, 0.05) is 17.8 Å². The van der Waals surface area contributed by atoms with Crippen molar-refractivity contribution in [3.63, 3.8) is 0 Å². The van der Waals surface area contributed by atoms with E-state index in [9.17, 15) is 30.0 Å². The van der Waals surface area contributed by atoms with E-state index in [0.29, 0.717) is 22.4 Å². The van der Waals surface area contributed by atoms with Crippen molar-refractivity contribution in [2.24, 2.45) is 0 Å². The van der Waals surface area contributed by atoms with E-state index < -0.39 is 37.3 Å². The molecule has 0 bridgehead atoms. The zero-order valence-electron chi connectivity index (χ0n) is 21.5. The molecular formula is C29H29N3O8. The van der Waals surface area contributed by atoms with Gasteiger partial charge in [-0.05, 0) is 65.4 Å². The fourth-order valence-corrected chi connectivity index (χ4v) is 4.63. The minimum Gasteiger partial charge on any atom is -0.462 e. The first-order chi connectivity index (χ1) is 19.2. The van der Waals surface area contributed by atoms with Crippen molar-refractivity contribution in [2.45, 2.75) is 44.2 Å². The predicted molar refractivity (Wildman–Crippen MR) is 146 cm³/mol. The smallest absolute Gasteiger partial charge is 0.258 e. The maximum absolute atomic E-state index is 13.2. The number of hydrogen-bond acceptors (Lipinski definition) is 9. The van der Waals surface area contributed by atoms with Crippen molar-refractivity contribution in [1.82, 2.24) is 9.55 Å². The summed E-state index contributed by atoms with van der Waals surface area (Å²) in [4.78, 5) is 29.7. The Labute approximate surface area is 228 Å². The minimum absolute atomic E-state index is 0.156. The van der Waals surface area contributed by atoms with Crippen LogP contribution in [0.3, 0.4) is 0 Å². The van der Waals surface area contributed by atoms with Crippen molar-refractivity contribution in [1.29, 1.82) is 0 Å². The largest absolute Gasteiger partial charge is 0.462 e. The molecule has 1 amide bonds. The number of benzene rings is 2. The van der Waals surface area contributed by atoms with Crippen LogP contribution < -0.4 is 15.6 Å². The first-order valence-electron chi connectivity index (χ1n) is 12.7. The number of nitrogens with zero attached hydrogens (tertiary/aromatic N) is 2. The molecule has 0 saturated carbocycles. The third-order valence-electron chi connectivity index (χ3n) is 6.84. The van der Waals surface area contributed by atoms with Crippen LogP contribution in [0.5, 0.6) is 5.75 Å². The van der Waals surface area contributed by atoms with Crippen LogP contribution in [0.4, 0.5) is 5.69 Å². The standard InChI is InChI=1S/C29H29N3O8/c1-16-11-18(6-7-22(16)39-29-27(37)26(36)25(35)23(15-33)40-29)19-5-4-17-8-10-32(28(38)21(17)12-19)14-24(34)31-20-3-2-9-30-13-20/h2-13,23,25-27,29,33,35-37H,14-15H2,1H3,(H,31,34). The molecule has 1 aliphatic heterocycles. The number of carbonyl (C=O) groups is 1. The van der Waals surface area contributed by atoms with Gasteiger partial charge in [-0.25, -0.2) is 0 Å². The second-order valence-corrected chi connectivity index (χ2v) is 9.64. The summed E-state index contributed by atoms with van der Waals surface area (Å²) in [6, 6.07) is 16.0. The Bertz CT molecular complexity index is 1570. The van der Waals surface area contributed by atoms with Crippen LogP contribution in [0.2, 0.25) is 0 Å². The summed E-state index contributed by atoms with van der Waals surface area (Å²) in [5.74, 6) is 0.0204. The number of aliphatic hydroxyl groups is 4. The monoisotopic (exact) mass is 547 g/mol. The molecule has 5 unspecified atom stereocenters. The number of amides is 1. The van der Waals surface area contributed by atoms with Gasteiger partial charge >= 0.3 is 0 Å². The van der Waals surface area contributed by atoms with E-state index in [-0.39, 0.29) is 18.0 Å². The lowest BCUT2D eigenvalue weighted by molar-refractivity contribution is -0.277. The van der Waals surface area contributed by atoms with Crippen LogP contribution in [0.25, 0.3) is 21.9 Å². The van der Waals surface area contributed by atoms with Crippen LogP contribution in [0.1, 0.15) is 5.56 Å². The van der Waals surface area contributed by atoms with Crippen molar-refractivity contribution in [3.8, 4) is 16.9 Å². The molecule has 208 valence electrons. The minimum atomic E-state index is -1.54. The zero-order chi connectivity index (χ0) is 28.4. The Hall–Kier alpha value is -4.13. The molecule has 11 heteroatoms. The highest BCUT2D eigenvalue weighted by Gasteiger charge is 2.44. The molecular weight excluding hydrogens is 518 g/mol. The molecule has 0 radical (unpaired) electrons. The van der Waals surface area contributed by atoms with E-state index in [0.717, 1.165) is 16.5 Å². The number of aryl methyl sites for hydroxylation is 1. The van der Waals surface area contributed by atoms with Gasteiger partial charge in [-0.2, -0.15) is 0 Å². The molecule has 1 saturated heterocycles. The number of rotatable bonds is 7. The number of hydrogen-bond donors (Lipinski definition) is 5. The quantitative estimate of drug-likeness (QED) is 0.229. The summed E-state index contributed by atoms with van der Waals surface area (Å²) < 4.78 is 12.6. The van der Waals surface area contributed by atoms with Gasteiger partial charge in [0.2, 0.25) is 12.2 Å². The number of aromatic nitrogens is 2. The highest BCUT2D eigenvalue weighted by atomic mass is 16.7. The number of fused-ring (bicyclic) bond motifs is 1. The average molecular weight is 548 g/mol. The molecule has 5 atom stereocenters. The Morgan fingerprint density at radius 2 is 1.82 bits per heavy atom. The summed E-state index contributed by atoms with van der Waals surface area (Å²) >= 11 is 0. The predicted octanol–water partition coefficient (Wildman–Crippen LogP) is 1.19. The number of nitrogens with one attached hydrogen (secondary N) is 1. The maximum atomic E-state index is 13.2. The van der Waals surface area contributed by atoms with Gasteiger partial charge < -0.3 is 39.8 Å². The second kappa shape index (κ2) is 11.5. The van der Waals surface area contributed by atoms with Crippen LogP contribution in [0.15, 0.2) is 78.0 Å². The SMILES string of the molecule is Cc1cc(-c2ccc3ccn(CC(=O)Nc4cccnc4)c(=O)c3c2)ccc1OC1OC(CO)C(O)C(O)C1O. The number of aliphatic hydroxyl groups excluding tert-OH is 4. The lowest BCUT2D eigenvalue weighted by Gasteiger charge is -2.39. The molecule has 5 N–H and O–H groups in total. The van der Waals surface area contributed by atoms with Gasteiger partial charge in [0.25, 0.3) is 5.56 Å². The molecule has 1 aliphatic rings. The van der Waals surface area contributed by atoms with Gasteiger partial charge in [-0.1, -0.05) is 18.2 Å². The van der Waals surface area contributed by atoms with Gasteiger partial charge in [-0.3, -0.25) is 14.6 Å². The van der Waals surface area contributed by atoms with Gasteiger partial charge in [-0.15, -0.1) is 0 Å². The lowest BCUT2D eigenvalue weighted by Crippen LogP contribution is -2.60. The molecule has 11 nitrogen and oxygen atoms in total. The van der Waals surface area contributed by atoms with E-state index in [2.05, 4.69) is 10.3 Å². The van der Waals surface area contributed by atoms with Crippen molar-refractivity contribution in [3.05, 3.63) is 89.1 Å². The molecule has 3 heterocycles. The number of carbonyl (C=O) groups excluding carboxylic acids is 1. The Balaban J connectivity index is 1.36. The van der Waals surface area contributed by atoms with Crippen molar-refractivity contribution in [2.75, 3.05) is 11.9 Å². The summed E-state index contributed by atoms with van der Waals surface area (Å²) in [6.07, 6.45) is -2.21. The normalized spacial score (nSPS) is 22.7. The van der Waals surface area contributed by atoms with Gasteiger partial charge in [0.1, 0.15) is 36.7 Å². The van der Waals surface area contributed by atoms with Crippen LogP contribution in [0, 0.1) is 6.92 Å². The van der Waals surface area contributed by atoms with Crippen molar-refractivity contribution < 1.29 is 34.7 Å². The Kier molecular flexibility index (Phi) is 7.92. The van der Waals surface area contributed by atoms with Gasteiger partial charge in [0.05, 0.1) is 18.5 Å². The topological polar surface area (TPSA) is 163 Å². The number of ether oxygens (including phenoxy) is 2. The molecule has 2 aromatic carbocycles. The lowest BCUT2D eigenvalue weighted by atomic mass is 9.99. The number of pyridine rings is 2. The molecule has 40 heavy (non-hydrogen) atoms. The van der Waals surface area contributed by atoms with Crippen LogP contribution >= 0.6 is 0 Å². The molecule has 4 aromatic rings. The van der Waals surface area contributed by atoms with Crippen LogP contribution in [-0.4, -0.2) is 73.2 Å². The zero-order valence-corrected chi connectivity index (χ0v) is 21.5. The van der Waals surface area contributed by atoms with E-state index in [1.165, 1.54) is 10.8 Å². The summed E-state index contributed by atoms with van der Waals surface area (Å²) in [5, 5.41) is 43.6. The first kappa shape index (κ1) is 27.4. The first-order valence-corrected chi connectivity index (χ1v) is 12.7. The average Bonchev–Trinajstić information content (AvgIpc) is 2.96. The van der Waals surface area contributed by atoms with E-state index in [4.69, 9.17) is 9.47 Å². The van der Waals surface area contributed by atoms with Gasteiger partial charge in [0.15, 0.2) is 0 Å². The molecule has 5 rings (SSSR count). The number of anilines is 1. The fraction of sp³-hybridized carbons (Fsp3) is 0.276. The second-order valence-electron chi connectivity index (χ2n) is 9.64. The summed E-state index contributed by atoms with van der Waals surface area (Å²) in [6.45, 7) is 1.08. The Morgan fingerprint density at radius 3 is 2.55 bits per heavy atom. The maximum Gasteiger partial charge on any atom is 0.258 e. The third-order valence-corrected chi connectivity index (χ3v) is 6.84. The molecule has 0 aliphatic carbocycles. The molecule has 1 fully saturated rings. The Morgan fingerprint density at radius 1 is 1.05 bits per heavy atom. The van der Waals surface area contributed by atoms with E-state index in [1.54, 1.807) is 55.7 Å². The fourth-order valence-electron chi connectivity index (χ4n) is 4.63. The molecule has 0 spiro atoms. The van der Waals surface area contributed by atoms with Crippen LogP contribution in [-0.2, 0) is 16.1 Å². The summed E-state index contributed by atoms with van der Waals surface area (Å²) in [5.41, 5.74) is 2.49.